The van der Waals surface area contributed by atoms with E-state index in [-0.39, 0.29) is 16.3 Å². The maximum Gasteiger partial charge on any atom is 0.340 e. The number of ether oxygens (including phenoxy) is 1. The summed E-state index contributed by atoms with van der Waals surface area (Å²) < 4.78 is 18.5. The van der Waals surface area contributed by atoms with Gasteiger partial charge in [-0.1, -0.05) is 35.3 Å². The Hall–Kier alpha value is -2.11. The number of carbonyl (C=O) groups excluding carboxylic acids is 2. The molecule has 1 atom stereocenters. The third-order valence-electron chi connectivity index (χ3n) is 2.94. The molecule has 0 radical (unpaired) electrons. The molecule has 0 heterocycles. The highest BCUT2D eigenvalue weighted by atomic mass is 35.5. The fourth-order valence-electron chi connectivity index (χ4n) is 1.73. The van der Waals surface area contributed by atoms with Crippen molar-refractivity contribution in [3.8, 4) is 0 Å². The van der Waals surface area contributed by atoms with Crippen LogP contribution < -0.4 is 5.32 Å². The number of hydrogen-bond donors (Lipinski definition) is 1. The van der Waals surface area contributed by atoms with Gasteiger partial charge in [0.05, 0.1) is 16.3 Å². The SMILES string of the molecule is C[C@H](OC(=O)c1ccc(Cl)cc1Cl)C(=O)Nc1ccccc1F. The summed E-state index contributed by atoms with van der Waals surface area (Å²) in [5.41, 5.74) is 0.0894. The maximum atomic E-state index is 13.5. The molecule has 2 rings (SSSR count). The molecule has 0 aliphatic carbocycles. The topological polar surface area (TPSA) is 55.4 Å². The standard InChI is InChI=1S/C16H12Cl2FNO3/c1-9(15(21)20-14-5-3-2-4-13(14)19)23-16(22)11-7-6-10(17)8-12(11)18/h2-9H,1H3,(H,20,21)/t9-/m0/s1. The average molecular weight is 356 g/mol. The maximum absolute atomic E-state index is 13.5. The van der Waals surface area contributed by atoms with Crippen LogP contribution in [0.4, 0.5) is 10.1 Å². The highest BCUT2D eigenvalue weighted by molar-refractivity contribution is 6.36. The van der Waals surface area contributed by atoms with Gasteiger partial charge in [-0.3, -0.25) is 4.79 Å². The quantitative estimate of drug-likeness (QED) is 0.831. The normalized spacial score (nSPS) is 11.7. The van der Waals surface area contributed by atoms with Gasteiger partial charge in [0.1, 0.15) is 5.82 Å². The molecule has 0 aliphatic heterocycles. The van der Waals surface area contributed by atoms with Gasteiger partial charge in [-0.05, 0) is 37.3 Å². The monoisotopic (exact) mass is 355 g/mol. The summed E-state index contributed by atoms with van der Waals surface area (Å²) in [6.07, 6.45) is -1.13. The van der Waals surface area contributed by atoms with E-state index >= 15 is 0 Å². The van der Waals surface area contributed by atoms with E-state index in [2.05, 4.69) is 5.32 Å². The van der Waals surface area contributed by atoms with E-state index in [9.17, 15) is 14.0 Å². The predicted molar refractivity (Wildman–Crippen MR) is 86.4 cm³/mol. The second-order valence-electron chi connectivity index (χ2n) is 4.64. The molecule has 2 aromatic rings. The zero-order valence-electron chi connectivity index (χ0n) is 12.0. The van der Waals surface area contributed by atoms with Crippen LogP contribution in [-0.4, -0.2) is 18.0 Å². The highest BCUT2D eigenvalue weighted by Crippen LogP contribution is 2.22. The summed E-state index contributed by atoms with van der Waals surface area (Å²) in [4.78, 5) is 24.0. The molecule has 0 aromatic heterocycles. The molecule has 120 valence electrons. The van der Waals surface area contributed by atoms with Crippen LogP contribution in [-0.2, 0) is 9.53 Å². The number of esters is 1. The van der Waals surface area contributed by atoms with Gasteiger partial charge in [-0.15, -0.1) is 0 Å². The Bertz CT molecular complexity index is 752. The van der Waals surface area contributed by atoms with Gasteiger partial charge in [-0.25, -0.2) is 9.18 Å². The van der Waals surface area contributed by atoms with Gasteiger partial charge in [0.15, 0.2) is 6.10 Å². The first-order valence-electron chi connectivity index (χ1n) is 6.60. The number of hydrogen-bond acceptors (Lipinski definition) is 3. The van der Waals surface area contributed by atoms with E-state index < -0.39 is 23.8 Å². The molecule has 0 spiro atoms. The van der Waals surface area contributed by atoms with Crippen LogP contribution >= 0.6 is 23.2 Å². The van der Waals surface area contributed by atoms with Crippen LogP contribution in [0.1, 0.15) is 17.3 Å². The van der Waals surface area contributed by atoms with Crippen molar-refractivity contribution in [3.63, 3.8) is 0 Å². The Morgan fingerprint density at radius 2 is 1.87 bits per heavy atom. The summed E-state index contributed by atoms with van der Waals surface area (Å²) in [5, 5.41) is 2.83. The summed E-state index contributed by atoms with van der Waals surface area (Å²) in [6, 6.07) is 9.95. The van der Waals surface area contributed by atoms with Crippen molar-refractivity contribution in [2.24, 2.45) is 0 Å². The van der Waals surface area contributed by atoms with E-state index in [1.54, 1.807) is 6.07 Å². The fraction of sp³-hybridized carbons (Fsp3) is 0.125. The van der Waals surface area contributed by atoms with Crippen molar-refractivity contribution < 1.29 is 18.7 Å². The van der Waals surface area contributed by atoms with E-state index in [1.165, 1.54) is 43.3 Å². The Balaban J connectivity index is 2.03. The number of carbonyl (C=O) groups is 2. The summed E-state index contributed by atoms with van der Waals surface area (Å²) >= 11 is 11.6. The van der Waals surface area contributed by atoms with E-state index in [1.807, 2.05) is 0 Å². The van der Waals surface area contributed by atoms with Crippen molar-refractivity contribution in [2.75, 3.05) is 5.32 Å². The second-order valence-corrected chi connectivity index (χ2v) is 5.48. The van der Waals surface area contributed by atoms with Crippen molar-refractivity contribution >= 4 is 40.8 Å². The lowest BCUT2D eigenvalue weighted by atomic mass is 10.2. The lowest BCUT2D eigenvalue weighted by Gasteiger charge is -2.14. The Labute approximate surface area is 142 Å². The number of anilines is 1. The first kappa shape index (κ1) is 17.2. The predicted octanol–water partition coefficient (Wildman–Crippen LogP) is 4.32. The molecular weight excluding hydrogens is 344 g/mol. The van der Waals surface area contributed by atoms with Gasteiger partial charge < -0.3 is 10.1 Å². The van der Waals surface area contributed by atoms with E-state index in [0.717, 1.165) is 0 Å². The Morgan fingerprint density at radius 3 is 2.52 bits per heavy atom. The van der Waals surface area contributed by atoms with Gasteiger partial charge in [0.2, 0.25) is 0 Å². The first-order chi connectivity index (χ1) is 10.9. The molecule has 23 heavy (non-hydrogen) atoms. The van der Waals surface area contributed by atoms with Crippen molar-refractivity contribution in [3.05, 3.63) is 63.9 Å². The van der Waals surface area contributed by atoms with Crippen molar-refractivity contribution in [1.82, 2.24) is 0 Å². The smallest absolute Gasteiger partial charge is 0.340 e. The van der Waals surface area contributed by atoms with Crippen LogP contribution in [0, 0.1) is 5.82 Å². The van der Waals surface area contributed by atoms with Crippen molar-refractivity contribution in [1.29, 1.82) is 0 Å². The van der Waals surface area contributed by atoms with Crippen LogP contribution in [0.2, 0.25) is 10.0 Å². The lowest BCUT2D eigenvalue weighted by molar-refractivity contribution is -0.123. The number of rotatable bonds is 4. The highest BCUT2D eigenvalue weighted by Gasteiger charge is 2.21. The van der Waals surface area contributed by atoms with Crippen LogP contribution in [0.5, 0.6) is 0 Å². The fourth-order valence-corrected chi connectivity index (χ4v) is 2.22. The molecule has 0 aliphatic rings. The number of benzene rings is 2. The van der Waals surface area contributed by atoms with E-state index in [4.69, 9.17) is 27.9 Å². The largest absolute Gasteiger partial charge is 0.449 e. The average Bonchev–Trinajstić information content (AvgIpc) is 2.49. The second kappa shape index (κ2) is 7.44. The molecule has 0 saturated carbocycles. The van der Waals surface area contributed by atoms with Crippen LogP contribution in [0.15, 0.2) is 42.5 Å². The molecule has 4 nitrogen and oxygen atoms in total. The molecule has 0 bridgehead atoms. The zero-order valence-corrected chi connectivity index (χ0v) is 13.5. The molecule has 0 unspecified atom stereocenters. The summed E-state index contributed by atoms with van der Waals surface area (Å²) in [5.74, 6) is -2.02. The zero-order chi connectivity index (χ0) is 17.0. The summed E-state index contributed by atoms with van der Waals surface area (Å²) in [6.45, 7) is 1.37. The molecule has 0 fully saturated rings. The van der Waals surface area contributed by atoms with Gasteiger partial charge >= 0.3 is 5.97 Å². The van der Waals surface area contributed by atoms with Crippen molar-refractivity contribution in [2.45, 2.75) is 13.0 Å². The molecule has 0 saturated heterocycles. The van der Waals surface area contributed by atoms with Gasteiger partial charge in [0.25, 0.3) is 5.91 Å². The third-order valence-corrected chi connectivity index (χ3v) is 3.48. The number of nitrogens with one attached hydrogen (secondary N) is 1. The van der Waals surface area contributed by atoms with Crippen LogP contribution in [0.3, 0.4) is 0 Å². The molecule has 1 amide bonds. The minimum Gasteiger partial charge on any atom is -0.449 e. The minimum absolute atomic E-state index is 0.00456. The Morgan fingerprint density at radius 1 is 1.17 bits per heavy atom. The first-order valence-corrected chi connectivity index (χ1v) is 7.35. The van der Waals surface area contributed by atoms with E-state index in [0.29, 0.717) is 5.02 Å². The van der Waals surface area contributed by atoms with Gasteiger partial charge in [-0.2, -0.15) is 0 Å². The third kappa shape index (κ3) is 4.43. The number of para-hydroxylation sites is 1. The number of amides is 1. The van der Waals surface area contributed by atoms with Gasteiger partial charge in [0, 0.05) is 5.02 Å². The van der Waals surface area contributed by atoms with Crippen LogP contribution in [0.25, 0.3) is 0 Å². The minimum atomic E-state index is -1.13. The molecule has 2 aromatic carbocycles. The molecule has 1 N–H and O–H groups in total. The summed E-state index contributed by atoms with van der Waals surface area (Å²) in [7, 11) is 0. The molecular formula is C16H12Cl2FNO3. The molecule has 7 heteroatoms. The number of halogens is 3. The lowest BCUT2D eigenvalue weighted by Crippen LogP contribution is -2.30. The Kier molecular flexibility index (Phi) is 5.58.